The number of benzene rings is 1. The fourth-order valence-corrected chi connectivity index (χ4v) is 2.13. The molecule has 9 heteroatoms. The molecular formula is C12H15BrClF3IN3. The molecule has 0 amide bonds. The topological polar surface area (TPSA) is 36.4 Å². The molecule has 0 aromatic heterocycles. The molecule has 3 nitrogen and oxygen atoms in total. The van der Waals surface area contributed by atoms with E-state index in [1.807, 2.05) is 12.1 Å². The van der Waals surface area contributed by atoms with Gasteiger partial charge in [-0.05, 0) is 17.7 Å². The molecule has 0 aliphatic rings. The van der Waals surface area contributed by atoms with E-state index in [1.165, 1.54) is 7.05 Å². The maximum Gasteiger partial charge on any atom is 0.390 e. The van der Waals surface area contributed by atoms with Gasteiger partial charge in [0.2, 0.25) is 0 Å². The van der Waals surface area contributed by atoms with E-state index in [9.17, 15) is 13.2 Å². The van der Waals surface area contributed by atoms with Gasteiger partial charge in [-0.25, -0.2) is 0 Å². The normalized spacial score (nSPS) is 11.8. The number of aliphatic imine (C=N–C) groups is 1. The minimum Gasteiger partial charge on any atom is -0.356 e. The highest BCUT2D eigenvalue weighted by atomic mass is 127. The van der Waals surface area contributed by atoms with Gasteiger partial charge in [-0.2, -0.15) is 13.2 Å². The minimum atomic E-state index is -4.18. The smallest absolute Gasteiger partial charge is 0.356 e. The van der Waals surface area contributed by atoms with Crippen molar-refractivity contribution in [1.82, 2.24) is 10.6 Å². The Balaban J connectivity index is 0.00000400. The van der Waals surface area contributed by atoms with Crippen molar-refractivity contribution >= 4 is 57.5 Å². The molecule has 120 valence electrons. The first-order valence-electron chi connectivity index (χ1n) is 5.77. The van der Waals surface area contributed by atoms with Crippen LogP contribution in [0, 0.1) is 0 Å². The third-order valence-electron chi connectivity index (χ3n) is 2.39. The van der Waals surface area contributed by atoms with Crippen molar-refractivity contribution in [1.29, 1.82) is 0 Å². The Hall–Kier alpha value is -0.220. The molecule has 2 N–H and O–H groups in total. The summed E-state index contributed by atoms with van der Waals surface area (Å²) in [7, 11) is 1.49. The van der Waals surface area contributed by atoms with Gasteiger partial charge in [0.1, 0.15) is 0 Å². The fraction of sp³-hybridized carbons (Fsp3) is 0.417. The van der Waals surface area contributed by atoms with Crippen molar-refractivity contribution in [3.63, 3.8) is 0 Å². The Morgan fingerprint density at radius 3 is 2.52 bits per heavy atom. The van der Waals surface area contributed by atoms with Crippen LogP contribution in [0.5, 0.6) is 0 Å². The quantitative estimate of drug-likeness (QED) is 0.367. The van der Waals surface area contributed by atoms with E-state index in [1.54, 1.807) is 6.07 Å². The summed E-state index contributed by atoms with van der Waals surface area (Å²) in [5.41, 5.74) is 0.827. The maximum atomic E-state index is 12.0. The molecule has 0 heterocycles. The average Bonchev–Trinajstić information content (AvgIpc) is 2.34. The van der Waals surface area contributed by atoms with Gasteiger partial charge < -0.3 is 10.6 Å². The van der Waals surface area contributed by atoms with Gasteiger partial charge in [0.05, 0.1) is 6.42 Å². The van der Waals surface area contributed by atoms with E-state index < -0.39 is 12.6 Å². The molecular weight excluding hydrogens is 485 g/mol. The van der Waals surface area contributed by atoms with Gasteiger partial charge in [-0.1, -0.05) is 33.6 Å². The molecule has 0 spiro atoms. The van der Waals surface area contributed by atoms with Gasteiger partial charge in [0.15, 0.2) is 5.96 Å². The molecule has 0 aliphatic heterocycles. The standard InChI is InChI=1S/C12H14BrClF3N3.HI/c1-18-11(19-5-4-12(15,16)17)20-7-8-2-3-9(13)6-10(8)14;/h2-3,6H,4-5,7H2,1H3,(H2,18,19,20);1H. The summed E-state index contributed by atoms with van der Waals surface area (Å²) in [5.74, 6) is 0.299. The number of alkyl halides is 3. The minimum absolute atomic E-state index is 0. The number of guanidine groups is 1. The molecule has 0 saturated heterocycles. The van der Waals surface area contributed by atoms with Crippen LogP contribution >= 0.6 is 51.5 Å². The van der Waals surface area contributed by atoms with Crippen molar-refractivity contribution < 1.29 is 13.2 Å². The first-order valence-corrected chi connectivity index (χ1v) is 6.94. The monoisotopic (exact) mass is 499 g/mol. The summed E-state index contributed by atoms with van der Waals surface area (Å²) in [5, 5.41) is 6.06. The van der Waals surface area contributed by atoms with Crippen molar-refractivity contribution in [3.05, 3.63) is 33.3 Å². The van der Waals surface area contributed by atoms with Crippen LogP contribution in [0.1, 0.15) is 12.0 Å². The Kier molecular flexibility index (Phi) is 9.63. The Morgan fingerprint density at radius 1 is 1.33 bits per heavy atom. The first kappa shape index (κ1) is 20.8. The average molecular weight is 501 g/mol. The predicted octanol–water partition coefficient (Wildman–Crippen LogP) is 4.34. The molecule has 21 heavy (non-hydrogen) atoms. The van der Waals surface area contributed by atoms with E-state index in [2.05, 4.69) is 31.6 Å². The number of hydrogen-bond donors (Lipinski definition) is 2. The fourth-order valence-electron chi connectivity index (χ4n) is 1.39. The Morgan fingerprint density at radius 2 is 2.00 bits per heavy atom. The Bertz CT molecular complexity index is 483. The second-order valence-electron chi connectivity index (χ2n) is 3.95. The lowest BCUT2D eigenvalue weighted by atomic mass is 10.2. The number of halogens is 6. The number of nitrogens with zero attached hydrogens (tertiary/aromatic N) is 1. The Labute approximate surface area is 151 Å². The largest absolute Gasteiger partial charge is 0.390 e. The van der Waals surface area contributed by atoms with Crippen molar-refractivity contribution in [2.75, 3.05) is 13.6 Å². The van der Waals surface area contributed by atoms with Gasteiger partial charge in [-0.15, -0.1) is 24.0 Å². The second kappa shape index (κ2) is 9.73. The van der Waals surface area contributed by atoms with Crippen LogP contribution in [0.25, 0.3) is 0 Å². The highest BCUT2D eigenvalue weighted by Crippen LogP contribution is 2.21. The predicted molar refractivity (Wildman–Crippen MR) is 93.4 cm³/mol. The molecule has 0 unspecified atom stereocenters. The van der Waals surface area contributed by atoms with Crippen molar-refractivity contribution in [3.8, 4) is 0 Å². The molecule has 0 aliphatic carbocycles. The zero-order chi connectivity index (χ0) is 15.2. The van der Waals surface area contributed by atoms with Crippen molar-refractivity contribution in [2.24, 2.45) is 4.99 Å². The second-order valence-corrected chi connectivity index (χ2v) is 5.28. The maximum absolute atomic E-state index is 12.0. The lowest BCUT2D eigenvalue weighted by molar-refractivity contribution is -0.132. The van der Waals surface area contributed by atoms with Crippen LogP contribution in [-0.4, -0.2) is 25.7 Å². The van der Waals surface area contributed by atoms with E-state index in [0.717, 1.165) is 10.0 Å². The van der Waals surface area contributed by atoms with Gasteiger partial charge in [0.25, 0.3) is 0 Å². The lowest BCUT2D eigenvalue weighted by Crippen LogP contribution is -2.38. The van der Waals surface area contributed by atoms with E-state index in [4.69, 9.17) is 11.6 Å². The first-order chi connectivity index (χ1) is 9.31. The summed E-state index contributed by atoms with van der Waals surface area (Å²) in [6.45, 7) is 0.148. The van der Waals surface area contributed by atoms with Crippen LogP contribution in [0.3, 0.4) is 0 Å². The number of hydrogen-bond acceptors (Lipinski definition) is 1. The van der Waals surface area contributed by atoms with Gasteiger partial charge in [0, 0.05) is 29.6 Å². The SMILES string of the molecule is CN=C(NCCC(F)(F)F)NCc1ccc(Br)cc1Cl.I. The van der Waals surface area contributed by atoms with E-state index in [-0.39, 0.29) is 30.5 Å². The molecule has 1 aromatic rings. The van der Waals surface area contributed by atoms with E-state index in [0.29, 0.717) is 17.5 Å². The summed E-state index contributed by atoms with van der Waals surface area (Å²) >= 11 is 9.34. The molecule has 0 bridgehead atoms. The van der Waals surface area contributed by atoms with Crippen LogP contribution in [0.2, 0.25) is 5.02 Å². The van der Waals surface area contributed by atoms with Crippen LogP contribution in [0.4, 0.5) is 13.2 Å². The van der Waals surface area contributed by atoms with Crippen LogP contribution < -0.4 is 10.6 Å². The van der Waals surface area contributed by atoms with Crippen molar-refractivity contribution in [2.45, 2.75) is 19.1 Å². The highest BCUT2D eigenvalue weighted by Gasteiger charge is 2.26. The summed E-state index contributed by atoms with van der Waals surface area (Å²) in [6, 6.07) is 5.41. The van der Waals surface area contributed by atoms with Crippen LogP contribution in [-0.2, 0) is 6.54 Å². The molecule has 0 saturated carbocycles. The number of rotatable bonds is 4. The summed E-state index contributed by atoms with van der Waals surface area (Å²) < 4.78 is 36.9. The van der Waals surface area contributed by atoms with Gasteiger partial charge >= 0.3 is 6.18 Å². The highest BCUT2D eigenvalue weighted by molar-refractivity contribution is 14.0. The summed E-state index contributed by atoms with van der Waals surface area (Å²) in [4.78, 5) is 3.84. The third-order valence-corrected chi connectivity index (χ3v) is 3.23. The third kappa shape index (κ3) is 8.72. The molecule has 1 rings (SSSR count). The lowest BCUT2D eigenvalue weighted by Gasteiger charge is -2.13. The van der Waals surface area contributed by atoms with E-state index >= 15 is 0 Å². The molecule has 0 fully saturated rings. The molecule has 0 atom stereocenters. The zero-order valence-electron chi connectivity index (χ0n) is 11.1. The zero-order valence-corrected chi connectivity index (χ0v) is 15.8. The van der Waals surface area contributed by atoms with Crippen LogP contribution in [0.15, 0.2) is 27.7 Å². The summed E-state index contributed by atoms with van der Waals surface area (Å²) in [6.07, 6.45) is -5.09. The molecule has 0 radical (unpaired) electrons. The molecule has 1 aromatic carbocycles. The number of nitrogens with one attached hydrogen (secondary N) is 2. The van der Waals surface area contributed by atoms with Gasteiger partial charge in [-0.3, -0.25) is 4.99 Å².